The van der Waals surface area contributed by atoms with Gasteiger partial charge in [-0.15, -0.1) is 0 Å². The average Bonchev–Trinajstić information content (AvgIpc) is 2.43. The van der Waals surface area contributed by atoms with E-state index in [0.717, 1.165) is 12.1 Å². The standard InChI is InChI=1S/C15H24N2O3/c1-15(2,19-4)9-10-20-11-14(18)17(3)13-7-5-12(16)6-8-13/h5-8H,9-11,16H2,1-4H3. The predicted octanol–water partition coefficient (Wildman–Crippen LogP) is 2.06. The van der Waals surface area contributed by atoms with Gasteiger partial charge in [-0.25, -0.2) is 0 Å². The monoisotopic (exact) mass is 280 g/mol. The molecule has 1 aromatic carbocycles. The zero-order valence-electron chi connectivity index (χ0n) is 12.7. The highest BCUT2D eigenvalue weighted by molar-refractivity contribution is 5.93. The fourth-order valence-electron chi connectivity index (χ4n) is 1.52. The van der Waals surface area contributed by atoms with E-state index in [2.05, 4.69) is 0 Å². The normalized spacial score (nSPS) is 11.4. The van der Waals surface area contributed by atoms with Gasteiger partial charge >= 0.3 is 0 Å². The molecule has 1 amide bonds. The molecule has 0 saturated heterocycles. The minimum absolute atomic E-state index is 0.0562. The van der Waals surface area contributed by atoms with Crippen LogP contribution in [0.25, 0.3) is 0 Å². The Balaban J connectivity index is 2.37. The summed E-state index contributed by atoms with van der Waals surface area (Å²) in [4.78, 5) is 13.5. The highest BCUT2D eigenvalue weighted by Gasteiger charge is 2.16. The summed E-state index contributed by atoms with van der Waals surface area (Å²) in [6, 6.07) is 7.14. The summed E-state index contributed by atoms with van der Waals surface area (Å²) in [6.07, 6.45) is 0.738. The predicted molar refractivity (Wildman–Crippen MR) is 80.8 cm³/mol. The smallest absolute Gasteiger partial charge is 0.252 e. The number of anilines is 2. The molecule has 0 heterocycles. The third-order valence-electron chi connectivity index (χ3n) is 3.28. The van der Waals surface area contributed by atoms with Crippen molar-refractivity contribution in [2.45, 2.75) is 25.9 Å². The van der Waals surface area contributed by atoms with Crippen LogP contribution < -0.4 is 10.6 Å². The van der Waals surface area contributed by atoms with Crippen molar-refractivity contribution in [3.63, 3.8) is 0 Å². The summed E-state index contributed by atoms with van der Waals surface area (Å²) >= 11 is 0. The van der Waals surface area contributed by atoms with Gasteiger partial charge in [-0.3, -0.25) is 4.79 Å². The number of nitrogens with two attached hydrogens (primary N) is 1. The zero-order valence-corrected chi connectivity index (χ0v) is 12.7. The van der Waals surface area contributed by atoms with E-state index in [0.29, 0.717) is 12.3 Å². The van der Waals surface area contributed by atoms with Crippen LogP contribution in [0.15, 0.2) is 24.3 Å². The van der Waals surface area contributed by atoms with Crippen LogP contribution in [0.4, 0.5) is 11.4 Å². The van der Waals surface area contributed by atoms with Crippen molar-refractivity contribution in [3.8, 4) is 0 Å². The minimum atomic E-state index is -0.230. The van der Waals surface area contributed by atoms with Crippen LogP contribution in [0.2, 0.25) is 0 Å². The molecule has 1 rings (SSSR count). The summed E-state index contributed by atoms with van der Waals surface area (Å²) in [5.74, 6) is -0.0926. The lowest BCUT2D eigenvalue weighted by Crippen LogP contribution is -2.31. The van der Waals surface area contributed by atoms with Crippen molar-refractivity contribution in [2.24, 2.45) is 0 Å². The fourth-order valence-corrected chi connectivity index (χ4v) is 1.52. The molecule has 112 valence electrons. The van der Waals surface area contributed by atoms with E-state index in [1.54, 1.807) is 43.3 Å². The number of methoxy groups -OCH3 is 1. The summed E-state index contributed by atoms with van der Waals surface area (Å²) in [6.45, 7) is 4.51. The van der Waals surface area contributed by atoms with Gasteiger partial charge in [0.05, 0.1) is 5.60 Å². The molecule has 0 fully saturated rings. The number of amides is 1. The Morgan fingerprint density at radius 3 is 2.45 bits per heavy atom. The maximum Gasteiger partial charge on any atom is 0.252 e. The third-order valence-corrected chi connectivity index (χ3v) is 3.28. The number of carbonyl (C=O) groups is 1. The Morgan fingerprint density at radius 2 is 1.90 bits per heavy atom. The number of carbonyl (C=O) groups excluding carboxylic acids is 1. The molecule has 20 heavy (non-hydrogen) atoms. The van der Waals surface area contributed by atoms with Crippen molar-refractivity contribution in [1.82, 2.24) is 0 Å². The van der Waals surface area contributed by atoms with Gasteiger partial charge in [0.15, 0.2) is 0 Å². The number of hydrogen-bond donors (Lipinski definition) is 1. The molecule has 5 nitrogen and oxygen atoms in total. The number of benzene rings is 1. The molecule has 0 bridgehead atoms. The molecule has 1 aromatic rings. The second-order valence-electron chi connectivity index (χ2n) is 5.31. The first-order chi connectivity index (χ1) is 9.35. The van der Waals surface area contributed by atoms with E-state index in [1.165, 1.54) is 0 Å². The molecule has 0 spiro atoms. The largest absolute Gasteiger partial charge is 0.399 e. The van der Waals surface area contributed by atoms with Gasteiger partial charge in [-0.05, 0) is 44.5 Å². The Labute approximate surface area is 120 Å². The van der Waals surface area contributed by atoms with Crippen molar-refractivity contribution in [2.75, 3.05) is 38.0 Å². The number of nitrogen functional groups attached to an aromatic ring is 1. The van der Waals surface area contributed by atoms with Gasteiger partial charge in [-0.2, -0.15) is 0 Å². The number of ether oxygens (including phenoxy) is 2. The lowest BCUT2D eigenvalue weighted by molar-refractivity contribution is -0.123. The first kappa shape index (κ1) is 16.5. The molecule has 0 aliphatic carbocycles. The van der Waals surface area contributed by atoms with Crippen LogP contribution in [0.3, 0.4) is 0 Å². The van der Waals surface area contributed by atoms with Gasteiger partial charge in [0.25, 0.3) is 5.91 Å². The lowest BCUT2D eigenvalue weighted by Gasteiger charge is -2.23. The van der Waals surface area contributed by atoms with E-state index in [4.69, 9.17) is 15.2 Å². The van der Waals surface area contributed by atoms with E-state index in [-0.39, 0.29) is 18.1 Å². The van der Waals surface area contributed by atoms with Crippen molar-refractivity contribution in [3.05, 3.63) is 24.3 Å². The number of likely N-dealkylation sites (N-methyl/N-ethyl adjacent to an activating group) is 1. The van der Waals surface area contributed by atoms with E-state index < -0.39 is 0 Å². The van der Waals surface area contributed by atoms with Crippen molar-refractivity contribution < 1.29 is 14.3 Å². The molecule has 0 aromatic heterocycles. The molecule has 0 atom stereocenters. The minimum Gasteiger partial charge on any atom is -0.399 e. The van der Waals surface area contributed by atoms with Gasteiger partial charge < -0.3 is 20.1 Å². The summed E-state index contributed by atoms with van der Waals surface area (Å²) in [5, 5.41) is 0. The maximum absolute atomic E-state index is 12.0. The Kier molecular flexibility index (Phi) is 5.98. The highest BCUT2D eigenvalue weighted by Crippen LogP contribution is 2.15. The second-order valence-corrected chi connectivity index (χ2v) is 5.31. The molecule has 2 N–H and O–H groups in total. The second kappa shape index (κ2) is 7.26. The van der Waals surface area contributed by atoms with Gasteiger partial charge in [-0.1, -0.05) is 0 Å². The summed E-state index contributed by atoms with van der Waals surface area (Å²) in [7, 11) is 3.39. The number of rotatable bonds is 7. The fraction of sp³-hybridized carbons (Fsp3) is 0.533. The quantitative estimate of drug-likeness (QED) is 0.613. The van der Waals surface area contributed by atoms with Gasteiger partial charge in [0.2, 0.25) is 0 Å². The topological polar surface area (TPSA) is 64.8 Å². The van der Waals surface area contributed by atoms with Gasteiger partial charge in [0.1, 0.15) is 6.61 Å². The van der Waals surface area contributed by atoms with E-state index >= 15 is 0 Å². The lowest BCUT2D eigenvalue weighted by atomic mass is 10.1. The molecule has 5 heteroatoms. The first-order valence-corrected chi connectivity index (χ1v) is 6.61. The average molecular weight is 280 g/mol. The molecule has 0 unspecified atom stereocenters. The molecular weight excluding hydrogens is 256 g/mol. The van der Waals surface area contributed by atoms with Crippen LogP contribution in [-0.4, -0.2) is 38.9 Å². The molecule has 0 saturated carbocycles. The first-order valence-electron chi connectivity index (χ1n) is 6.61. The van der Waals surface area contributed by atoms with Crippen LogP contribution in [0.5, 0.6) is 0 Å². The molecule has 0 aliphatic heterocycles. The summed E-state index contributed by atoms with van der Waals surface area (Å²) in [5.41, 5.74) is 6.85. The maximum atomic E-state index is 12.0. The Bertz CT molecular complexity index is 429. The van der Waals surface area contributed by atoms with Crippen LogP contribution >= 0.6 is 0 Å². The number of nitrogens with zero attached hydrogens (tertiary/aromatic N) is 1. The van der Waals surface area contributed by atoms with E-state index in [9.17, 15) is 4.79 Å². The Hall–Kier alpha value is -1.59. The van der Waals surface area contributed by atoms with Gasteiger partial charge in [0, 0.05) is 32.1 Å². The molecule has 0 radical (unpaired) electrons. The molecule has 0 aliphatic rings. The van der Waals surface area contributed by atoms with Crippen LogP contribution in [0, 0.1) is 0 Å². The third kappa shape index (κ3) is 5.19. The SMILES string of the molecule is COC(C)(C)CCOCC(=O)N(C)c1ccc(N)cc1. The van der Waals surface area contributed by atoms with E-state index in [1.807, 2.05) is 13.8 Å². The summed E-state index contributed by atoms with van der Waals surface area (Å²) < 4.78 is 10.7. The molecular formula is C15H24N2O3. The zero-order chi connectivity index (χ0) is 15.2. The van der Waals surface area contributed by atoms with Crippen molar-refractivity contribution >= 4 is 17.3 Å². The van der Waals surface area contributed by atoms with Crippen LogP contribution in [-0.2, 0) is 14.3 Å². The van der Waals surface area contributed by atoms with Crippen molar-refractivity contribution in [1.29, 1.82) is 0 Å². The van der Waals surface area contributed by atoms with Crippen LogP contribution in [0.1, 0.15) is 20.3 Å². The Morgan fingerprint density at radius 1 is 1.30 bits per heavy atom. The highest BCUT2D eigenvalue weighted by atomic mass is 16.5. The number of hydrogen-bond acceptors (Lipinski definition) is 4.